The summed E-state index contributed by atoms with van der Waals surface area (Å²) >= 11 is 5.73. The number of ether oxygens (including phenoxy) is 1. The van der Waals surface area contributed by atoms with Crippen molar-refractivity contribution in [3.63, 3.8) is 0 Å². The second-order valence-electron chi connectivity index (χ2n) is 4.36. The predicted molar refractivity (Wildman–Crippen MR) is 79.7 cm³/mol. The molecule has 1 aromatic heterocycles. The molecule has 0 saturated heterocycles. The lowest BCUT2D eigenvalue weighted by atomic mass is 10.1. The summed E-state index contributed by atoms with van der Waals surface area (Å²) in [4.78, 5) is 27.8. The summed E-state index contributed by atoms with van der Waals surface area (Å²) in [5, 5.41) is 3.10. The summed E-state index contributed by atoms with van der Waals surface area (Å²) in [7, 11) is 1.29. The van der Waals surface area contributed by atoms with Crippen LogP contribution in [0, 0.1) is 6.92 Å². The van der Waals surface area contributed by atoms with Crippen molar-refractivity contribution in [2.45, 2.75) is 6.92 Å². The molecule has 0 saturated carbocycles. The number of esters is 1. The van der Waals surface area contributed by atoms with E-state index in [0.717, 1.165) is 5.56 Å². The minimum Gasteiger partial charge on any atom is -0.465 e. The highest BCUT2D eigenvalue weighted by molar-refractivity contribution is 6.30. The largest absolute Gasteiger partial charge is 0.465 e. The monoisotopic (exact) mass is 304 g/mol. The van der Waals surface area contributed by atoms with Gasteiger partial charge in [0.05, 0.1) is 23.4 Å². The maximum Gasteiger partial charge on any atom is 0.339 e. The van der Waals surface area contributed by atoms with E-state index in [1.165, 1.54) is 19.4 Å². The van der Waals surface area contributed by atoms with Gasteiger partial charge in [0.1, 0.15) is 5.69 Å². The van der Waals surface area contributed by atoms with Crippen molar-refractivity contribution in [2.75, 3.05) is 12.4 Å². The molecule has 0 radical (unpaired) electrons. The van der Waals surface area contributed by atoms with Gasteiger partial charge in [-0.25, -0.2) is 9.78 Å². The highest BCUT2D eigenvalue weighted by atomic mass is 35.5. The van der Waals surface area contributed by atoms with Crippen molar-refractivity contribution in [2.24, 2.45) is 0 Å². The number of benzene rings is 1. The number of carbonyl (C=O) groups excluding carboxylic acids is 2. The molecule has 1 aromatic carbocycles. The molecule has 1 N–H and O–H groups in total. The van der Waals surface area contributed by atoms with Crippen LogP contribution in [0.25, 0.3) is 0 Å². The summed E-state index contributed by atoms with van der Waals surface area (Å²) in [6, 6.07) is 8.14. The highest BCUT2D eigenvalue weighted by Crippen LogP contribution is 2.19. The Hall–Kier alpha value is -2.40. The molecule has 0 aliphatic carbocycles. The summed E-state index contributed by atoms with van der Waals surface area (Å²) in [6.45, 7) is 1.86. The third kappa shape index (κ3) is 3.58. The number of carbonyl (C=O) groups is 2. The van der Waals surface area contributed by atoms with Crippen LogP contribution in [-0.4, -0.2) is 24.0 Å². The number of hydrogen-bond donors (Lipinski definition) is 1. The lowest BCUT2D eigenvalue weighted by Crippen LogP contribution is -2.16. The Morgan fingerprint density at radius 1 is 1.24 bits per heavy atom. The standard InChI is InChI=1S/C15H13ClN2O3/c1-9-3-5-11(15(20)21-2)13(7-9)18-14(19)12-6-4-10(16)8-17-12/h3-8H,1-2H3,(H,18,19). The van der Waals surface area contributed by atoms with Gasteiger partial charge in [0.15, 0.2) is 0 Å². The van der Waals surface area contributed by atoms with Crippen LogP contribution >= 0.6 is 11.6 Å². The molecular weight excluding hydrogens is 292 g/mol. The Balaban J connectivity index is 2.30. The fourth-order valence-electron chi connectivity index (χ4n) is 1.75. The lowest BCUT2D eigenvalue weighted by molar-refractivity contribution is 0.0602. The quantitative estimate of drug-likeness (QED) is 0.885. The highest BCUT2D eigenvalue weighted by Gasteiger charge is 2.15. The number of nitrogens with zero attached hydrogens (tertiary/aromatic N) is 1. The van der Waals surface area contributed by atoms with Crippen LogP contribution < -0.4 is 5.32 Å². The average Bonchev–Trinajstić information content (AvgIpc) is 2.47. The molecule has 0 aliphatic rings. The van der Waals surface area contributed by atoms with Crippen LogP contribution in [0.2, 0.25) is 5.02 Å². The molecule has 108 valence electrons. The SMILES string of the molecule is COC(=O)c1ccc(C)cc1NC(=O)c1ccc(Cl)cn1. The van der Waals surface area contributed by atoms with Gasteiger partial charge in [-0.2, -0.15) is 0 Å². The maximum atomic E-state index is 12.1. The van der Waals surface area contributed by atoms with Crippen molar-refractivity contribution in [3.8, 4) is 0 Å². The fraction of sp³-hybridized carbons (Fsp3) is 0.133. The minimum absolute atomic E-state index is 0.205. The zero-order valence-electron chi connectivity index (χ0n) is 11.5. The normalized spacial score (nSPS) is 10.0. The predicted octanol–water partition coefficient (Wildman–Crippen LogP) is 3.08. The number of pyridine rings is 1. The first-order chi connectivity index (χ1) is 10.0. The molecule has 2 rings (SSSR count). The van der Waals surface area contributed by atoms with Crippen LogP contribution in [0.3, 0.4) is 0 Å². The Labute approximate surface area is 126 Å². The van der Waals surface area contributed by atoms with Gasteiger partial charge in [-0.15, -0.1) is 0 Å². The van der Waals surface area contributed by atoms with Gasteiger partial charge in [-0.3, -0.25) is 4.79 Å². The number of halogens is 1. The minimum atomic E-state index is -0.519. The smallest absolute Gasteiger partial charge is 0.339 e. The van der Waals surface area contributed by atoms with Crippen molar-refractivity contribution >= 4 is 29.2 Å². The van der Waals surface area contributed by atoms with Gasteiger partial charge >= 0.3 is 5.97 Å². The molecule has 1 amide bonds. The Kier molecular flexibility index (Phi) is 4.55. The zero-order chi connectivity index (χ0) is 15.4. The van der Waals surface area contributed by atoms with Crippen molar-refractivity contribution < 1.29 is 14.3 Å². The van der Waals surface area contributed by atoms with E-state index in [4.69, 9.17) is 16.3 Å². The molecule has 0 aliphatic heterocycles. The number of aryl methyl sites for hydroxylation is 1. The number of aromatic nitrogens is 1. The van der Waals surface area contributed by atoms with Gasteiger partial charge in [-0.05, 0) is 36.8 Å². The summed E-state index contributed by atoms with van der Waals surface area (Å²) in [5.74, 6) is -0.947. The van der Waals surface area contributed by atoms with Gasteiger partial charge in [0.25, 0.3) is 5.91 Å². The summed E-state index contributed by atoms with van der Waals surface area (Å²) in [6.07, 6.45) is 1.38. The molecule has 6 heteroatoms. The van der Waals surface area contributed by atoms with Gasteiger partial charge in [-0.1, -0.05) is 17.7 Å². The second-order valence-corrected chi connectivity index (χ2v) is 4.79. The van der Waals surface area contributed by atoms with Gasteiger partial charge in [0, 0.05) is 6.20 Å². The van der Waals surface area contributed by atoms with E-state index in [1.54, 1.807) is 24.3 Å². The number of anilines is 1. The van der Waals surface area contributed by atoms with Crippen molar-refractivity contribution in [1.29, 1.82) is 0 Å². The van der Waals surface area contributed by atoms with Crippen molar-refractivity contribution in [1.82, 2.24) is 4.98 Å². The topological polar surface area (TPSA) is 68.3 Å². The number of nitrogens with one attached hydrogen (secondary N) is 1. The molecule has 0 bridgehead atoms. The van der Waals surface area contributed by atoms with E-state index >= 15 is 0 Å². The average molecular weight is 305 g/mol. The third-order valence-electron chi connectivity index (χ3n) is 2.79. The summed E-state index contributed by atoms with van der Waals surface area (Å²) < 4.78 is 4.70. The van der Waals surface area contributed by atoms with Gasteiger partial charge < -0.3 is 10.1 Å². The van der Waals surface area contributed by atoms with E-state index in [-0.39, 0.29) is 11.3 Å². The lowest BCUT2D eigenvalue weighted by Gasteiger charge is -2.10. The molecule has 5 nitrogen and oxygen atoms in total. The van der Waals surface area contributed by atoms with Crippen LogP contribution in [0.15, 0.2) is 36.5 Å². The maximum absolute atomic E-state index is 12.1. The second kappa shape index (κ2) is 6.37. The third-order valence-corrected chi connectivity index (χ3v) is 3.01. The zero-order valence-corrected chi connectivity index (χ0v) is 12.3. The molecule has 0 fully saturated rings. The fourth-order valence-corrected chi connectivity index (χ4v) is 1.86. The first-order valence-corrected chi connectivity index (χ1v) is 6.51. The Bertz CT molecular complexity index is 684. The Morgan fingerprint density at radius 3 is 2.62 bits per heavy atom. The summed E-state index contributed by atoms with van der Waals surface area (Å²) in [5.41, 5.74) is 1.77. The van der Waals surface area contributed by atoms with Gasteiger partial charge in [0.2, 0.25) is 0 Å². The molecule has 21 heavy (non-hydrogen) atoms. The van der Waals surface area contributed by atoms with E-state index < -0.39 is 11.9 Å². The van der Waals surface area contributed by atoms with Crippen LogP contribution in [0.5, 0.6) is 0 Å². The van der Waals surface area contributed by atoms with Crippen molar-refractivity contribution in [3.05, 3.63) is 58.4 Å². The number of rotatable bonds is 3. The van der Waals surface area contributed by atoms with Crippen LogP contribution in [0.4, 0.5) is 5.69 Å². The molecule has 0 spiro atoms. The number of methoxy groups -OCH3 is 1. The van der Waals surface area contributed by atoms with E-state index in [9.17, 15) is 9.59 Å². The van der Waals surface area contributed by atoms with E-state index in [1.807, 2.05) is 6.92 Å². The molecule has 0 unspecified atom stereocenters. The first-order valence-electron chi connectivity index (χ1n) is 6.13. The van der Waals surface area contributed by atoms with E-state index in [0.29, 0.717) is 10.7 Å². The number of amides is 1. The first kappa shape index (κ1) is 15.0. The molecule has 0 atom stereocenters. The Morgan fingerprint density at radius 2 is 2.00 bits per heavy atom. The molecule has 1 heterocycles. The van der Waals surface area contributed by atoms with E-state index in [2.05, 4.69) is 10.3 Å². The molecular formula is C15H13ClN2O3. The number of hydrogen-bond acceptors (Lipinski definition) is 4. The molecule has 2 aromatic rings. The van der Waals surface area contributed by atoms with Crippen LogP contribution in [-0.2, 0) is 4.74 Å². The van der Waals surface area contributed by atoms with Crippen LogP contribution in [0.1, 0.15) is 26.4 Å².